The third-order valence-electron chi connectivity index (χ3n) is 6.09. The zero-order valence-electron chi connectivity index (χ0n) is 24.2. The molecule has 0 saturated carbocycles. The zero-order chi connectivity index (χ0) is 33.2. The monoisotopic (exact) mass is 649 g/mol. The van der Waals surface area contributed by atoms with E-state index >= 15 is 0 Å². The number of carboxylic acids is 3. The molecule has 0 radical (unpaired) electrons. The Balaban J connectivity index is 2.57. The SMILES string of the molecule is CC1C(=O)N(CCC(=O)NCCOCCOCCC(=O)O)C(=O)C1SCC(NC(=O)CCC(N)C(=O)O)C(=O)NCC(=O)O. The Kier molecular flexibility index (Phi) is 17.5. The lowest BCUT2D eigenvalue weighted by molar-refractivity contribution is -0.140. The van der Waals surface area contributed by atoms with Crippen LogP contribution in [-0.2, 0) is 47.8 Å². The number of nitrogens with zero attached hydrogens (tertiary/aromatic N) is 1. The maximum Gasteiger partial charge on any atom is 0.322 e. The normalized spacial score (nSPS) is 17.5. The van der Waals surface area contributed by atoms with Gasteiger partial charge in [-0.1, -0.05) is 6.92 Å². The highest BCUT2D eigenvalue weighted by atomic mass is 32.2. The summed E-state index contributed by atoms with van der Waals surface area (Å²) in [6.07, 6.45) is -0.836. The van der Waals surface area contributed by atoms with Crippen LogP contribution < -0.4 is 21.7 Å². The molecular weight excluding hydrogens is 610 g/mol. The largest absolute Gasteiger partial charge is 0.481 e. The van der Waals surface area contributed by atoms with E-state index in [9.17, 15) is 38.4 Å². The fourth-order valence-corrected chi connectivity index (χ4v) is 4.99. The summed E-state index contributed by atoms with van der Waals surface area (Å²) < 4.78 is 10.3. The summed E-state index contributed by atoms with van der Waals surface area (Å²) in [5, 5.41) is 32.4. The number of carbonyl (C=O) groups excluding carboxylic acids is 5. The van der Waals surface area contributed by atoms with Gasteiger partial charge in [-0.15, -0.1) is 11.8 Å². The Morgan fingerprint density at radius 1 is 0.886 bits per heavy atom. The van der Waals surface area contributed by atoms with Gasteiger partial charge < -0.3 is 46.5 Å². The molecule has 1 heterocycles. The number of carbonyl (C=O) groups is 8. The van der Waals surface area contributed by atoms with Crippen LogP contribution in [0.25, 0.3) is 0 Å². The third-order valence-corrected chi connectivity index (χ3v) is 7.58. The van der Waals surface area contributed by atoms with Crippen molar-refractivity contribution in [2.24, 2.45) is 11.7 Å². The van der Waals surface area contributed by atoms with Crippen LogP contribution in [0.2, 0.25) is 0 Å². The van der Waals surface area contributed by atoms with Crippen molar-refractivity contribution in [3.05, 3.63) is 0 Å². The summed E-state index contributed by atoms with van der Waals surface area (Å²) in [6, 6.07) is -2.61. The predicted molar refractivity (Wildman–Crippen MR) is 151 cm³/mol. The first-order chi connectivity index (χ1) is 20.7. The summed E-state index contributed by atoms with van der Waals surface area (Å²) in [5.41, 5.74) is 5.39. The molecule has 0 aromatic heterocycles. The van der Waals surface area contributed by atoms with Crippen molar-refractivity contribution in [3.63, 3.8) is 0 Å². The molecule has 44 heavy (non-hydrogen) atoms. The van der Waals surface area contributed by atoms with Crippen molar-refractivity contribution in [2.75, 3.05) is 51.8 Å². The number of imide groups is 1. The van der Waals surface area contributed by atoms with Crippen LogP contribution in [0.15, 0.2) is 0 Å². The second kappa shape index (κ2) is 20.2. The number of hydrogen-bond donors (Lipinski definition) is 7. The van der Waals surface area contributed by atoms with E-state index in [-0.39, 0.29) is 71.0 Å². The van der Waals surface area contributed by atoms with Crippen LogP contribution in [0.4, 0.5) is 0 Å². The fourth-order valence-electron chi connectivity index (χ4n) is 3.68. The minimum absolute atomic E-state index is 0.0619. The maximum atomic E-state index is 13.0. The molecule has 0 aliphatic carbocycles. The first-order valence-corrected chi connectivity index (χ1v) is 14.7. The van der Waals surface area contributed by atoms with Crippen LogP contribution in [0.1, 0.15) is 32.6 Å². The fraction of sp³-hybridized carbons (Fsp3) is 0.680. The molecule has 4 unspecified atom stereocenters. The minimum Gasteiger partial charge on any atom is -0.481 e. The van der Waals surface area contributed by atoms with E-state index in [0.717, 1.165) is 16.7 Å². The number of ether oxygens (including phenoxy) is 2. The number of nitrogens with two attached hydrogens (primary N) is 1. The predicted octanol–water partition coefficient (Wildman–Crippen LogP) is -3.01. The summed E-state index contributed by atoms with van der Waals surface area (Å²) >= 11 is 0.901. The van der Waals surface area contributed by atoms with Gasteiger partial charge in [0.05, 0.1) is 44.0 Å². The first-order valence-electron chi connectivity index (χ1n) is 13.6. The molecule has 1 saturated heterocycles. The number of rotatable bonds is 23. The number of thioether (sulfide) groups is 1. The highest BCUT2D eigenvalue weighted by molar-refractivity contribution is 8.00. The molecule has 8 N–H and O–H groups in total. The second-order valence-corrected chi connectivity index (χ2v) is 10.7. The topological polar surface area (TPSA) is 281 Å². The molecule has 0 bridgehead atoms. The van der Waals surface area contributed by atoms with E-state index in [1.165, 1.54) is 6.92 Å². The standard InChI is InChI=1S/C25H39N5O13S/c1-14-21(44-13-16(22(37)28-12-20(35)36)29-18(32)3-2-15(26)25(40)41)24(39)30(23(14)38)7-4-17(31)27-6-9-43-11-10-42-8-5-19(33)34/h14-16,21H,2-13,26H2,1H3,(H,27,31)(H,28,37)(H,29,32)(H,33,34)(H,35,36)(H,40,41). The zero-order valence-corrected chi connectivity index (χ0v) is 25.0. The first kappa shape index (κ1) is 38.2. The van der Waals surface area contributed by atoms with Crippen molar-refractivity contribution in [1.29, 1.82) is 0 Å². The molecule has 18 nitrogen and oxygen atoms in total. The van der Waals surface area contributed by atoms with Crippen LogP contribution >= 0.6 is 11.8 Å². The van der Waals surface area contributed by atoms with Crippen molar-refractivity contribution >= 4 is 59.2 Å². The lowest BCUT2D eigenvalue weighted by Crippen LogP contribution is -2.50. The number of amides is 5. The van der Waals surface area contributed by atoms with Gasteiger partial charge >= 0.3 is 17.9 Å². The van der Waals surface area contributed by atoms with Gasteiger partial charge in [0.25, 0.3) is 0 Å². The van der Waals surface area contributed by atoms with E-state index in [1.807, 2.05) is 0 Å². The highest BCUT2D eigenvalue weighted by Gasteiger charge is 2.45. The average Bonchev–Trinajstić information content (AvgIpc) is 3.16. The molecule has 1 aliphatic rings. The van der Waals surface area contributed by atoms with E-state index in [1.54, 1.807) is 0 Å². The molecule has 1 aliphatic heterocycles. The van der Waals surface area contributed by atoms with Crippen LogP contribution in [0.5, 0.6) is 0 Å². The molecule has 19 heteroatoms. The quantitative estimate of drug-likeness (QED) is 0.0428. The van der Waals surface area contributed by atoms with E-state index < -0.39 is 77.2 Å². The Morgan fingerprint density at radius 2 is 1.55 bits per heavy atom. The molecule has 5 amide bonds. The number of nitrogens with one attached hydrogen (secondary N) is 3. The van der Waals surface area contributed by atoms with Gasteiger partial charge in [0.1, 0.15) is 18.6 Å². The molecule has 1 fully saturated rings. The van der Waals surface area contributed by atoms with E-state index in [4.69, 9.17) is 30.5 Å². The second-order valence-electron chi connectivity index (χ2n) is 9.55. The Bertz CT molecular complexity index is 1060. The van der Waals surface area contributed by atoms with Gasteiger partial charge in [0, 0.05) is 31.7 Å². The average molecular weight is 650 g/mol. The summed E-state index contributed by atoms with van der Waals surface area (Å²) in [6.45, 7) is 1.36. The van der Waals surface area contributed by atoms with Crippen molar-refractivity contribution in [2.45, 2.75) is 49.9 Å². The Labute approximate surface area is 256 Å². The van der Waals surface area contributed by atoms with Gasteiger partial charge in [-0.05, 0) is 6.42 Å². The van der Waals surface area contributed by atoms with Gasteiger partial charge in [-0.2, -0.15) is 0 Å². The number of aliphatic carboxylic acids is 3. The molecule has 1 rings (SSSR count). The summed E-state index contributed by atoms with van der Waals surface area (Å²) in [7, 11) is 0. The minimum atomic E-state index is -1.33. The lowest BCUT2D eigenvalue weighted by Gasteiger charge is -2.20. The van der Waals surface area contributed by atoms with Crippen molar-refractivity contribution in [3.8, 4) is 0 Å². The highest BCUT2D eigenvalue weighted by Crippen LogP contribution is 2.31. The van der Waals surface area contributed by atoms with Crippen molar-refractivity contribution < 1.29 is 63.1 Å². The third kappa shape index (κ3) is 14.6. The summed E-state index contributed by atoms with van der Waals surface area (Å²) in [4.78, 5) is 95.9. The Hall–Kier alpha value is -3.81. The molecule has 248 valence electrons. The van der Waals surface area contributed by atoms with Gasteiger partial charge in [-0.25, -0.2) is 0 Å². The van der Waals surface area contributed by atoms with Crippen LogP contribution in [0.3, 0.4) is 0 Å². The van der Waals surface area contributed by atoms with E-state index in [0.29, 0.717) is 0 Å². The van der Waals surface area contributed by atoms with Gasteiger partial charge in [0.15, 0.2) is 0 Å². The maximum absolute atomic E-state index is 13.0. The van der Waals surface area contributed by atoms with Crippen LogP contribution in [-0.4, -0.2) is 137 Å². The number of carboxylic acid groups (broad SMARTS) is 3. The molecular formula is C25H39N5O13S. The number of likely N-dealkylation sites (tertiary alicyclic amines) is 1. The van der Waals surface area contributed by atoms with Gasteiger partial charge in [-0.3, -0.25) is 43.3 Å². The van der Waals surface area contributed by atoms with Crippen LogP contribution in [0, 0.1) is 5.92 Å². The lowest BCUT2D eigenvalue weighted by atomic mass is 10.1. The number of hydrogen-bond acceptors (Lipinski definition) is 12. The van der Waals surface area contributed by atoms with E-state index in [2.05, 4.69) is 16.0 Å². The molecule has 0 spiro atoms. The summed E-state index contributed by atoms with van der Waals surface area (Å²) in [5.74, 6) is -7.76. The molecule has 0 aromatic carbocycles. The smallest absolute Gasteiger partial charge is 0.322 e. The molecule has 0 aromatic rings. The van der Waals surface area contributed by atoms with Crippen molar-refractivity contribution in [1.82, 2.24) is 20.9 Å². The Morgan fingerprint density at radius 3 is 2.16 bits per heavy atom. The molecule has 4 atom stereocenters. The van der Waals surface area contributed by atoms with Gasteiger partial charge in [0.2, 0.25) is 29.5 Å².